The van der Waals surface area contributed by atoms with Gasteiger partial charge in [0.1, 0.15) is 5.82 Å². The van der Waals surface area contributed by atoms with Crippen LogP contribution in [0.5, 0.6) is 0 Å². The van der Waals surface area contributed by atoms with Gasteiger partial charge in [-0.05, 0) is 11.4 Å². The maximum absolute atomic E-state index is 12.8. The number of nitrogens with zero attached hydrogens (tertiary/aromatic N) is 3. The van der Waals surface area contributed by atoms with Gasteiger partial charge in [-0.3, -0.25) is 9.56 Å². The van der Waals surface area contributed by atoms with Crippen molar-refractivity contribution in [3.63, 3.8) is 0 Å². The highest BCUT2D eigenvalue weighted by Crippen LogP contribution is 2.26. The summed E-state index contributed by atoms with van der Waals surface area (Å²) < 4.78 is 26.4. The van der Waals surface area contributed by atoms with Crippen molar-refractivity contribution < 1.29 is 8.78 Å². The summed E-state index contributed by atoms with van der Waals surface area (Å²) in [5, 5.41) is 8.29. The highest BCUT2D eigenvalue weighted by molar-refractivity contribution is 14.0. The van der Waals surface area contributed by atoms with Crippen molar-refractivity contribution in [3.05, 3.63) is 40.6 Å². The molecule has 0 aliphatic heterocycles. The average Bonchev–Trinajstić information content (AvgIpc) is 3.19. The van der Waals surface area contributed by atoms with Crippen LogP contribution in [0.3, 0.4) is 0 Å². The number of hydrogen-bond acceptors (Lipinski definition) is 3. The van der Waals surface area contributed by atoms with E-state index in [1.807, 2.05) is 11.4 Å². The molecule has 9 heteroatoms. The lowest BCUT2D eigenvalue weighted by atomic mass is 9.91. The molecule has 24 heavy (non-hydrogen) atoms. The van der Waals surface area contributed by atoms with Gasteiger partial charge in [0, 0.05) is 36.3 Å². The maximum atomic E-state index is 12.8. The van der Waals surface area contributed by atoms with E-state index < -0.39 is 6.55 Å². The lowest BCUT2D eigenvalue weighted by Gasteiger charge is -2.25. The molecule has 0 atom stereocenters. The third-order valence-electron chi connectivity index (χ3n) is 3.48. The molecule has 0 amide bonds. The number of nitrogens with one attached hydrogen (secondary N) is 2. The summed E-state index contributed by atoms with van der Waals surface area (Å²) in [4.78, 5) is 9.32. The molecule has 134 valence electrons. The van der Waals surface area contributed by atoms with Crippen LogP contribution in [0.1, 0.15) is 31.1 Å². The Hall–Kier alpha value is -1.23. The molecule has 0 aromatic carbocycles. The number of hydrogen-bond donors (Lipinski definition) is 2. The second-order valence-corrected chi connectivity index (χ2v) is 6.62. The van der Waals surface area contributed by atoms with Crippen molar-refractivity contribution in [2.75, 3.05) is 13.6 Å². The zero-order chi connectivity index (χ0) is 16.9. The number of aromatic nitrogens is 2. The molecule has 0 spiro atoms. The lowest BCUT2D eigenvalue weighted by molar-refractivity contribution is 0.0668. The summed E-state index contributed by atoms with van der Waals surface area (Å²) in [6.45, 7) is 2.54. The van der Waals surface area contributed by atoms with E-state index in [1.165, 1.54) is 17.3 Å². The van der Waals surface area contributed by atoms with Gasteiger partial charge in [0.15, 0.2) is 5.96 Å². The molecule has 5 nitrogen and oxygen atoms in total. The Morgan fingerprint density at radius 2 is 2.17 bits per heavy atom. The van der Waals surface area contributed by atoms with Crippen LogP contribution in [0, 0.1) is 0 Å². The second kappa shape index (κ2) is 9.30. The van der Waals surface area contributed by atoms with Crippen LogP contribution >= 0.6 is 35.3 Å². The van der Waals surface area contributed by atoms with E-state index in [-0.39, 0.29) is 41.8 Å². The highest BCUT2D eigenvalue weighted by Gasteiger charge is 2.22. The number of thiophene rings is 1. The normalized spacial score (nSPS) is 12.2. The van der Waals surface area contributed by atoms with Crippen LogP contribution in [0.25, 0.3) is 0 Å². The molecular formula is C15H22F2IN5S. The largest absolute Gasteiger partial charge is 0.356 e. The van der Waals surface area contributed by atoms with Gasteiger partial charge in [0.25, 0.3) is 0 Å². The standard InChI is InChI=1S/C15H21F2N5S.HI/c1-15(2,11-5-4-8-23-11)10-21-14(18-3)20-9-12-19-6-7-22(12)13(16)17;/h4-8,13H,9-10H2,1-3H3,(H2,18,20,21);1H. The first-order valence-corrected chi connectivity index (χ1v) is 8.10. The van der Waals surface area contributed by atoms with Gasteiger partial charge < -0.3 is 10.6 Å². The van der Waals surface area contributed by atoms with Crippen molar-refractivity contribution in [1.29, 1.82) is 0 Å². The average molecular weight is 469 g/mol. The number of halogens is 3. The molecule has 0 radical (unpaired) electrons. The van der Waals surface area contributed by atoms with E-state index >= 15 is 0 Å². The van der Waals surface area contributed by atoms with Gasteiger partial charge in [-0.1, -0.05) is 19.9 Å². The van der Waals surface area contributed by atoms with E-state index in [2.05, 4.69) is 40.5 Å². The minimum atomic E-state index is -2.60. The Kier molecular flexibility index (Phi) is 8.07. The predicted octanol–water partition coefficient (Wildman–Crippen LogP) is 3.60. The fraction of sp³-hybridized carbons (Fsp3) is 0.467. The Bertz CT molecular complexity index is 640. The minimum absolute atomic E-state index is 0. The minimum Gasteiger partial charge on any atom is -0.356 e. The first-order valence-electron chi connectivity index (χ1n) is 7.22. The maximum Gasteiger partial charge on any atom is 0.319 e. The summed E-state index contributed by atoms with van der Waals surface area (Å²) in [5.74, 6) is 0.818. The number of alkyl halides is 2. The van der Waals surface area contributed by atoms with E-state index in [0.29, 0.717) is 12.5 Å². The smallest absolute Gasteiger partial charge is 0.319 e. The van der Waals surface area contributed by atoms with Crippen LogP contribution in [0.4, 0.5) is 8.78 Å². The molecule has 0 bridgehead atoms. The first kappa shape index (κ1) is 20.8. The fourth-order valence-corrected chi connectivity index (χ4v) is 2.95. The van der Waals surface area contributed by atoms with E-state index in [4.69, 9.17) is 0 Å². The molecule has 0 saturated carbocycles. The van der Waals surface area contributed by atoms with E-state index in [9.17, 15) is 8.78 Å². The summed E-state index contributed by atoms with van der Waals surface area (Å²) in [7, 11) is 1.65. The zero-order valence-electron chi connectivity index (χ0n) is 13.8. The van der Waals surface area contributed by atoms with Gasteiger partial charge in [-0.25, -0.2) is 4.98 Å². The number of imidazole rings is 1. The molecule has 0 aliphatic rings. The molecule has 2 heterocycles. The van der Waals surface area contributed by atoms with Gasteiger partial charge in [0.05, 0.1) is 6.54 Å². The van der Waals surface area contributed by atoms with Gasteiger partial charge >= 0.3 is 6.55 Å². The van der Waals surface area contributed by atoms with Crippen LogP contribution in [0.2, 0.25) is 0 Å². The van der Waals surface area contributed by atoms with Crippen LogP contribution in [-0.4, -0.2) is 29.1 Å². The van der Waals surface area contributed by atoms with Crippen molar-refractivity contribution in [2.45, 2.75) is 32.4 Å². The molecule has 0 fully saturated rings. The Morgan fingerprint density at radius 1 is 1.42 bits per heavy atom. The summed E-state index contributed by atoms with van der Waals surface area (Å²) in [5.41, 5.74) is -0.0484. The molecule has 2 aromatic heterocycles. The Balaban J connectivity index is 0.00000288. The van der Waals surface area contributed by atoms with Crippen molar-refractivity contribution in [3.8, 4) is 0 Å². The molecule has 0 saturated heterocycles. The summed E-state index contributed by atoms with van der Waals surface area (Å²) >= 11 is 1.71. The zero-order valence-corrected chi connectivity index (χ0v) is 16.9. The number of guanidine groups is 1. The molecule has 2 aromatic rings. The lowest BCUT2D eigenvalue weighted by Crippen LogP contribution is -2.43. The highest BCUT2D eigenvalue weighted by atomic mass is 127. The third kappa shape index (κ3) is 5.40. The quantitative estimate of drug-likeness (QED) is 0.386. The first-order chi connectivity index (χ1) is 10.9. The predicted molar refractivity (Wildman–Crippen MR) is 104 cm³/mol. The fourth-order valence-electron chi connectivity index (χ4n) is 2.10. The molecular weight excluding hydrogens is 447 g/mol. The summed E-state index contributed by atoms with van der Waals surface area (Å²) in [6, 6.07) is 4.13. The third-order valence-corrected chi connectivity index (χ3v) is 4.72. The monoisotopic (exact) mass is 469 g/mol. The second-order valence-electron chi connectivity index (χ2n) is 5.67. The number of aliphatic imine (C=N–C) groups is 1. The molecule has 0 unspecified atom stereocenters. The van der Waals surface area contributed by atoms with Gasteiger partial charge in [-0.15, -0.1) is 35.3 Å². The van der Waals surface area contributed by atoms with Crippen LogP contribution in [0.15, 0.2) is 34.9 Å². The Labute approximate surface area is 161 Å². The molecule has 2 rings (SSSR count). The number of rotatable bonds is 6. The topological polar surface area (TPSA) is 54.2 Å². The van der Waals surface area contributed by atoms with Crippen molar-refractivity contribution >= 4 is 41.3 Å². The van der Waals surface area contributed by atoms with E-state index in [0.717, 1.165) is 4.57 Å². The van der Waals surface area contributed by atoms with Crippen molar-refractivity contribution in [2.24, 2.45) is 4.99 Å². The molecule has 2 N–H and O–H groups in total. The van der Waals surface area contributed by atoms with Crippen LogP contribution < -0.4 is 10.6 Å². The van der Waals surface area contributed by atoms with Gasteiger partial charge in [0.2, 0.25) is 0 Å². The Morgan fingerprint density at radius 3 is 2.75 bits per heavy atom. The van der Waals surface area contributed by atoms with E-state index in [1.54, 1.807) is 18.4 Å². The van der Waals surface area contributed by atoms with Crippen LogP contribution in [-0.2, 0) is 12.0 Å². The van der Waals surface area contributed by atoms with Crippen molar-refractivity contribution in [1.82, 2.24) is 20.2 Å². The summed E-state index contributed by atoms with van der Waals surface area (Å²) in [6.07, 6.45) is 2.62. The molecule has 0 aliphatic carbocycles. The SMILES string of the molecule is CN=C(NCc1nccn1C(F)F)NCC(C)(C)c1cccs1.I. The van der Waals surface area contributed by atoms with Gasteiger partial charge in [-0.2, -0.15) is 8.78 Å².